The molecular formula is C15H31N. The van der Waals surface area contributed by atoms with Crippen molar-refractivity contribution < 1.29 is 0 Å². The van der Waals surface area contributed by atoms with Crippen LogP contribution in [-0.4, -0.2) is 12.6 Å². The Kier molecular flexibility index (Phi) is 6.41. The Morgan fingerprint density at radius 2 is 1.81 bits per heavy atom. The van der Waals surface area contributed by atoms with E-state index < -0.39 is 0 Å². The highest BCUT2D eigenvalue weighted by atomic mass is 14.9. The Morgan fingerprint density at radius 3 is 2.44 bits per heavy atom. The summed E-state index contributed by atoms with van der Waals surface area (Å²) in [6, 6.07) is 0.639. The van der Waals surface area contributed by atoms with Gasteiger partial charge in [-0.3, -0.25) is 0 Å². The molecule has 1 heteroatoms. The normalized spacial score (nSPS) is 28.3. The molecule has 1 aliphatic carbocycles. The lowest BCUT2D eigenvalue weighted by atomic mass is 9.71. The van der Waals surface area contributed by atoms with Crippen LogP contribution < -0.4 is 5.32 Å². The molecule has 1 fully saturated rings. The first kappa shape index (κ1) is 14.0. The topological polar surface area (TPSA) is 12.0 Å². The maximum Gasteiger partial charge on any atom is 0.00103 e. The summed E-state index contributed by atoms with van der Waals surface area (Å²) in [4.78, 5) is 0. The third kappa shape index (κ3) is 4.45. The van der Waals surface area contributed by atoms with Crippen LogP contribution in [0, 0.1) is 17.8 Å². The summed E-state index contributed by atoms with van der Waals surface area (Å²) < 4.78 is 0. The van der Waals surface area contributed by atoms with Crippen LogP contribution in [-0.2, 0) is 0 Å². The zero-order valence-electron chi connectivity index (χ0n) is 11.8. The van der Waals surface area contributed by atoms with Gasteiger partial charge in [-0.1, -0.05) is 53.4 Å². The molecule has 0 aromatic rings. The van der Waals surface area contributed by atoms with Gasteiger partial charge in [0.05, 0.1) is 0 Å². The maximum absolute atomic E-state index is 3.55. The second-order valence-electron chi connectivity index (χ2n) is 5.99. The number of nitrogens with one attached hydrogen (secondary N) is 1. The highest BCUT2D eigenvalue weighted by molar-refractivity contribution is 4.79. The van der Waals surface area contributed by atoms with Gasteiger partial charge in [-0.2, -0.15) is 0 Å². The van der Waals surface area contributed by atoms with E-state index in [2.05, 4.69) is 33.0 Å². The van der Waals surface area contributed by atoms with E-state index in [-0.39, 0.29) is 0 Å². The Bertz CT molecular complexity index is 176. The number of hydrogen-bond donors (Lipinski definition) is 1. The largest absolute Gasteiger partial charge is 0.315 e. The molecule has 1 saturated carbocycles. The van der Waals surface area contributed by atoms with E-state index in [0.717, 1.165) is 17.8 Å². The highest BCUT2D eigenvalue weighted by Gasteiger charge is 2.27. The molecule has 0 heterocycles. The van der Waals surface area contributed by atoms with Crippen molar-refractivity contribution in [2.75, 3.05) is 6.54 Å². The predicted octanol–water partition coefficient (Wildman–Crippen LogP) is 4.23. The smallest absolute Gasteiger partial charge is 0.00103 e. The van der Waals surface area contributed by atoms with E-state index in [0.29, 0.717) is 6.04 Å². The van der Waals surface area contributed by atoms with Crippen molar-refractivity contribution in [3.05, 3.63) is 0 Å². The zero-order valence-corrected chi connectivity index (χ0v) is 11.8. The summed E-state index contributed by atoms with van der Waals surface area (Å²) in [5.41, 5.74) is 0. The molecule has 0 aliphatic heterocycles. The molecule has 0 aromatic carbocycles. The van der Waals surface area contributed by atoms with Gasteiger partial charge in [-0.15, -0.1) is 0 Å². The van der Waals surface area contributed by atoms with Gasteiger partial charge >= 0.3 is 0 Å². The zero-order chi connectivity index (χ0) is 12.0. The van der Waals surface area contributed by atoms with Crippen LogP contribution in [0.2, 0.25) is 0 Å². The van der Waals surface area contributed by atoms with Crippen molar-refractivity contribution >= 4 is 0 Å². The van der Waals surface area contributed by atoms with Crippen LogP contribution in [0.25, 0.3) is 0 Å². The Hall–Kier alpha value is -0.0400. The lowest BCUT2D eigenvalue weighted by Crippen LogP contribution is -2.30. The first-order valence-corrected chi connectivity index (χ1v) is 7.38. The molecule has 0 aromatic heterocycles. The van der Waals surface area contributed by atoms with Crippen LogP contribution in [0.4, 0.5) is 0 Å². The summed E-state index contributed by atoms with van der Waals surface area (Å²) in [7, 11) is 0. The third-order valence-corrected chi connectivity index (χ3v) is 4.38. The van der Waals surface area contributed by atoms with Gasteiger partial charge in [-0.25, -0.2) is 0 Å². The maximum atomic E-state index is 3.55. The second kappa shape index (κ2) is 7.32. The van der Waals surface area contributed by atoms with Crippen LogP contribution in [0.3, 0.4) is 0 Å². The molecular weight excluding hydrogens is 194 g/mol. The molecule has 0 amide bonds. The average Bonchev–Trinajstić information content (AvgIpc) is 2.28. The minimum Gasteiger partial charge on any atom is -0.315 e. The lowest BCUT2D eigenvalue weighted by Gasteiger charge is -2.35. The number of rotatable bonds is 6. The van der Waals surface area contributed by atoms with Crippen molar-refractivity contribution in [2.45, 2.75) is 72.3 Å². The van der Waals surface area contributed by atoms with Gasteiger partial charge in [0, 0.05) is 6.04 Å². The molecule has 0 spiro atoms. The average molecular weight is 225 g/mol. The minimum absolute atomic E-state index is 0.639. The van der Waals surface area contributed by atoms with Crippen molar-refractivity contribution in [1.82, 2.24) is 5.32 Å². The van der Waals surface area contributed by atoms with Crippen LogP contribution in [0.5, 0.6) is 0 Å². The second-order valence-corrected chi connectivity index (χ2v) is 5.99. The highest BCUT2D eigenvalue weighted by Crippen LogP contribution is 2.37. The number of hydrogen-bond acceptors (Lipinski definition) is 1. The van der Waals surface area contributed by atoms with Crippen molar-refractivity contribution in [3.63, 3.8) is 0 Å². The van der Waals surface area contributed by atoms with E-state index in [9.17, 15) is 0 Å². The van der Waals surface area contributed by atoms with Crippen molar-refractivity contribution in [2.24, 2.45) is 17.8 Å². The van der Waals surface area contributed by atoms with E-state index in [1.807, 2.05) is 0 Å². The molecule has 1 N–H and O–H groups in total. The molecule has 0 radical (unpaired) electrons. The van der Waals surface area contributed by atoms with Gasteiger partial charge in [0.15, 0.2) is 0 Å². The summed E-state index contributed by atoms with van der Waals surface area (Å²) >= 11 is 0. The molecule has 3 atom stereocenters. The fourth-order valence-electron chi connectivity index (χ4n) is 3.31. The standard InChI is InChI=1S/C15H31N/c1-5-14-8-6-7-9-15(14)13(4)10-11-16-12(2)3/h12-16H,5-11H2,1-4H3. The van der Waals surface area contributed by atoms with Crippen LogP contribution >= 0.6 is 0 Å². The third-order valence-electron chi connectivity index (χ3n) is 4.38. The fraction of sp³-hybridized carbons (Fsp3) is 1.00. The molecule has 16 heavy (non-hydrogen) atoms. The first-order valence-electron chi connectivity index (χ1n) is 7.38. The fourth-order valence-corrected chi connectivity index (χ4v) is 3.31. The van der Waals surface area contributed by atoms with E-state index in [1.165, 1.54) is 45.1 Å². The predicted molar refractivity (Wildman–Crippen MR) is 72.7 cm³/mol. The monoisotopic (exact) mass is 225 g/mol. The molecule has 0 bridgehead atoms. The van der Waals surface area contributed by atoms with Gasteiger partial charge in [0.2, 0.25) is 0 Å². The van der Waals surface area contributed by atoms with Gasteiger partial charge < -0.3 is 5.32 Å². The van der Waals surface area contributed by atoms with E-state index in [4.69, 9.17) is 0 Å². The van der Waals surface area contributed by atoms with Crippen molar-refractivity contribution in [1.29, 1.82) is 0 Å². The van der Waals surface area contributed by atoms with Crippen molar-refractivity contribution in [3.8, 4) is 0 Å². The van der Waals surface area contributed by atoms with Gasteiger partial charge in [0.25, 0.3) is 0 Å². The molecule has 0 saturated heterocycles. The molecule has 1 aliphatic rings. The summed E-state index contributed by atoms with van der Waals surface area (Å²) in [6.07, 6.45) is 8.69. The van der Waals surface area contributed by atoms with Crippen LogP contribution in [0.15, 0.2) is 0 Å². The van der Waals surface area contributed by atoms with Crippen LogP contribution in [0.1, 0.15) is 66.2 Å². The Labute approximate surface area is 102 Å². The SMILES string of the molecule is CCC1CCCCC1C(C)CCNC(C)C. The summed E-state index contributed by atoms with van der Waals surface area (Å²) in [6.45, 7) is 10.5. The summed E-state index contributed by atoms with van der Waals surface area (Å²) in [5, 5.41) is 3.55. The minimum atomic E-state index is 0.639. The van der Waals surface area contributed by atoms with E-state index >= 15 is 0 Å². The summed E-state index contributed by atoms with van der Waals surface area (Å²) in [5.74, 6) is 2.94. The lowest BCUT2D eigenvalue weighted by molar-refractivity contribution is 0.158. The van der Waals surface area contributed by atoms with Gasteiger partial charge in [-0.05, 0) is 37.1 Å². The Morgan fingerprint density at radius 1 is 1.12 bits per heavy atom. The first-order chi connectivity index (χ1) is 7.65. The van der Waals surface area contributed by atoms with E-state index in [1.54, 1.807) is 0 Å². The molecule has 1 rings (SSSR count). The van der Waals surface area contributed by atoms with Gasteiger partial charge in [0.1, 0.15) is 0 Å². The quantitative estimate of drug-likeness (QED) is 0.713. The Balaban J connectivity index is 2.29. The molecule has 3 unspecified atom stereocenters. The molecule has 96 valence electrons. The molecule has 1 nitrogen and oxygen atoms in total.